The molecule has 142 valence electrons. The first-order chi connectivity index (χ1) is 12.2. The van der Waals surface area contributed by atoms with E-state index in [4.69, 9.17) is 4.52 Å². The van der Waals surface area contributed by atoms with Crippen molar-refractivity contribution in [1.29, 1.82) is 0 Å². The zero-order chi connectivity index (χ0) is 17.9. The van der Waals surface area contributed by atoms with Crippen LogP contribution in [0.15, 0.2) is 46.6 Å². The van der Waals surface area contributed by atoms with Crippen molar-refractivity contribution in [3.8, 4) is 11.6 Å². The minimum atomic E-state index is 0. The first kappa shape index (κ1) is 22.1. The summed E-state index contributed by atoms with van der Waals surface area (Å²) < 4.78 is 5.26. The van der Waals surface area contributed by atoms with Gasteiger partial charge < -0.3 is 14.7 Å². The number of rotatable bonds is 9. The molecule has 0 atom stereocenters. The second-order valence-corrected chi connectivity index (χ2v) is 5.57. The first-order valence-electron chi connectivity index (χ1n) is 8.59. The molecule has 26 heavy (non-hydrogen) atoms. The highest BCUT2D eigenvalue weighted by atomic mass is 127. The molecule has 0 aliphatic carbocycles. The lowest BCUT2D eigenvalue weighted by Crippen LogP contribution is -2.39. The van der Waals surface area contributed by atoms with Crippen molar-refractivity contribution >= 4 is 29.9 Å². The van der Waals surface area contributed by atoms with Crippen LogP contribution >= 0.6 is 24.0 Å². The van der Waals surface area contributed by atoms with Crippen LogP contribution in [0.3, 0.4) is 0 Å². The Morgan fingerprint density at radius 3 is 2.96 bits per heavy atom. The molecular weight excluding hydrogens is 443 g/mol. The molecule has 0 aromatic carbocycles. The molecular formula is C18H27IN6O. The monoisotopic (exact) mass is 470 g/mol. The molecule has 0 fully saturated rings. The number of allylic oxidation sites excluding steroid dienone is 1. The third kappa shape index (κ3) is 7.11. The molecule has 2 aromatic rings. The third-order valence-corrected chi connectivity index (χ3v) is 3.55. The van der Waals surface area contributed by atoms with Gasteiger partial charge in [-0.05, 0) is 31.9 Å². The van der Waals surface area contributed by atoms with Gasteiger partial charge in [0, 0.05) is 39.3 Å². The molecule has 0 bridgehead atoms. The van der Waals surface area contributed by atoms with Crippen LogP contribution in [0.25, 0.3) is 11.6 Å². The summed E-state index contributed by atoms with van der Waals surface area (Å²) in [5, 5.41) is 7.30. The quantitative estimate of drug-likeness (QED) is 0.200. The van der Waals surface area contributed by atoms with Gasteiger partial charge in [0.25, 0.3) is 5.89 Å². The molecule has 2 rings (SSSR count). The second-order valence-electron chi connectivity index (χ2n) is 5.57. The van der Waals surface area contributed by atoms with Crippen molar-refractivity contribution in [2.45, 2.75) is 26.2 Å². The van der Waals surface area contributed by atoms with E-state index in [1.54, 1.807) is 6.20 Å². The van der Waals surface area contributed by atoms with Crippen molar-refractivity contribution in [2.24, 2.45) is 4.99 Å². The molecule has 8 heteroatoms. The van der Waals surface area contributed by atoms with E-state index < -0.39 is 0 Å². The molecule has 0 aliphatic rings. The average Bonchev–Trinajstić information content (AvgIpc) is 3.11. The molecule has 0 aliphatic heterocycles. The fraction of sp³-hybridized carbons (Fsp3) is 0.444. The van der Waals surface area contributed by atoms with E-state index in [2.05, 4.69) is 43.8 Å². The molecule has 0 saturated heterocycles. The smallest absolute Gasteiger partial charge is 0.276 e. The summed E-state index contributed by atoms with van der Waals surface area (Å²) in [4.78, 5) is 15.3. The fourth-order valence-electron chi connectivity index (χ4n) is 2.26. The summed E-state index contributed by atoms with van der Waals surface area (Å²) in [6.45, 7) is 8.17. The Bertz CT molecular complexity index is 673. The maximum atomic E-state index is 5.26. The third-order valence-electron chi connectivity index (χ3n) is 3.55. The average molecular weight is 470 g/mol. The fourth-order valence-corrected chi connectivity index (χ4v) is 2.26. The molecule has 2 heterocycles. The Labute approximate surface area is 172 Å². The van der Waals surface area contributed by atoms with Crippen molar-refractivity contribution in [1.82, 2.24) is 25.3 Å². The Morgan fingerprint density at radius 1 is 1.42 bits per heavy atom. The van der Waals surface area contributed by atoms with Crippen LogP contribution in [-0.2, 0) is 6.42 Å². The van der Waals surface area contributed by atoms with Crippen LogP contribution in [0.2, 0.25) is 0 Å². The van der Waals surface area contributed by atoms with E-state index in [0.29, 0.717) is 30.4 Å². The summed E-state index contributed by atoms with van der Waals surface area (Å²) >= 11 is 0. The maximum Gasteiger partial charge on any atom is 0.276 e. The first-order valence-corrected chi connectivity index (χ1v) is 8.59. The lowest BCUT2D eigenvalue weighted by atomic mass is 10.3. The van der Waals surface area contributed by atoms with E-state index in [-0.39, 0.29) is 24.0 Å². The lowest BCUT2D eigenvalue weighted by molar-refractivity contribution is 0.421. The van der Waals surface area contributed by atoms with Crippen molar-refractivity contribution < 1.29 is 4.52 Å². The van der Waals surface area contributed by atoms with Gasteiger partial charge in [-0.1, -0.05) is 17.3 Å². The highest BCUT2D eigenvalue weighted by Crippen LogP contribution is 2.13. The SMILES string of the molecule is C=CCCCN(C)C(=NCCc1noc(-c2ccccn2)n1)NCC.I. The highest BCUT2D eigenvalue weighted by molar-refractivity contribution is 14.0. The van der Waals surface area contributed by atoms with Gasteiger partial charge >= 0.3 is 0 Å². The van der Waals surface area contributed by atoms with Gasteiger partial charge in [0.2, 0.25) is 0 Å². The van der Waals surface area contributed by atoms with Gasteiger partial charge in [0.1, 0.15) is 5.69 Å². The van der Waals surface area contributed by atoms with Gasteiger partial charge in [-0.25, -0.2) is 0 Å². The number of guanidine groups is 1. The number of pyridine rings is 1. The summed E-state index contributed by atoms with van der Waals surface area (Å²) in [7, 11) is 2.04. The minimum Gasteiger partial charge on any atom is -0.357 e. The zero-order valence-electron chi connectivity index (χ0n) is 15.4. The number of nitrogens with one attached hydrogen (secondary N) is 1. The van der Waals surface area contributed by atoms with Gasteiger partial charge in [-0.15, -0.1) is 30.6 Å². The Balaban J connectivity index is 0.00000338. The number of unbranched alkanes of at least 4 members (excludes halogenated alkanes) is 1. The standard InChI is InChI=1S/C18H26N6O.HI/c1-4-6-9-14-24(3)18(19-5-2)21-13-11-16-22-17(25-23-16)15-10-7-8-12-20-15;/h4,7-8,10,12H,1,5-6,9,11,13-14H2,2-3H3,(H,19,21);1H. The Morgan fingerprint density at radius 2 is 2.27 bits per heavy atom. The number of aliphatic imine (C=N–C) groups is 1. The summed E-state index contributed by atoms with van der Waals surface area (Å²) in [5.74, 6) is 1.96. The van der Waals surface area contributed by atoms with E-state index in [1.807, 2.05) is 31.3 Å². The zero-order valence-corrected chi connectivity index (χ0v) is 17.7. The number of hydrogen-bond donors (Lipinski definition) is 1. The maximum absolute atomic E-state index is 5.26. The van der Waals surface area contributed by atoms with Gasteiger partial charge in [0.15, 0.2) is 11.8 Å². The summed E-state index contributed by atoms with van der Waals surface area (Å²) in [5.41, 5.74) is 0.681. The molecule has 0 spiro atoms. The topological polar surface area (TPSA) is 79.4 Å². The second kappa shape index (κ2) is 12.4. The molecule has 0 radical (unpaired) electrons. The predicted octanol–water partition coefficient (Wildman–Crippen LogP) is 3.16. The van der Waals surface area contributed by atoms with Crippen LogP contribution in [0, 0.1) is 0 Å². The predicted molar refractivity (Wildman–Crippen MR) is 115 cm³/mol. The van der Waals surface area contributed by atoms with Gasteiger partial charge in [-0.2, -0.15) is 4.98 Å². The van der Waals surface area contributed by atoms with Crippen LogP contribution in [0.4, 0.5) is 0 Å². The molecule has 0 saturated carbocycles. The van der Waals surface area contributed by atoms with Gasteiger partial charge in [0.05, 0.1) is 0 Å². The number of hydrogen-bond acceptors (Lipinski definition) is 5. The normalized spacial score (nSPS) is 10.9. The van der Waals surface area contributed by atoms with Crippen molar-refractivity contribution in [2.75, 3.05) is 26.7 Å². The Kier molecular flexibility index (Phi) is 10.5. The number of halogens is 1. The van der Waals surface area contributed by atoms with Crippen molar-refractivity contribution in [3.05, 3.63) is 42.9 Å². The van der Waals surface area contributed by atoms with E-state index in [0.717, 1.165) is 31.9 Å². The molecule has 7 nitrogen and oxygen atoms in total. The number of aromatic nitrogens is 3. The van der Waals surface area contributed by atoms with E-state index in [1.165, 1.54) is 0 Å². The molecule has 0 amide bonds. The largest absolute Gasteiger partial charge is 0.357 e. The highest BCUT2D eigenvalue weighted by Gasteiger charge is 2.10. The summed E-state index contributed by atoms with van der Waals surface area (Å²) in [6, 6.07) is 5.58. The molecule has 2 aromatic heterocycles. The lowest BCUT2D eigenvalue weighted by Gasteiger charge is -2.21. The van der Waals surface area contributed by atoms with Crippen molar-refractivity contribution in [3.63, 3.8) is 0 Å². The van der Waals surface area contributed by atoms with Crippen LogP contribution < -0.4 is 5.32 Å². The molecule has 0 unspecified atom stereocenters. The van der Waals surface area contributed by atoms with Gasteiger partial charge in [-0.3, -0.25) is 9.98 Å². The van der Waals surface area contributed by atoms with Crippen LogP contribution in [0.5, 0.6) is 0 Å². The minimum absolute atomic E-state index is 0. The number of nitrogens with zero attached hydrogens (tertiary/aromatic N) is 5. The summed E-state index contributed by atoms with van der Waals surface area (Å²) in [6.07, 6.45) is 6.32. The van der Waals surface area contributed by atoms with Crippen LogP contribution in [-0.4, -0.2) is 52.7 Å². The van der Waals surface area contributed by atoms with E-state index in [9.17, 15) is 0 Å². The molecule has 1 N–H and O–H groups in total. The van der Waals surface area contributed by atoms with Crippen LogP contribution in [0.1, 0.15) is 25.6 Å². The van der Waals surface area contributed by atoms with E-state index >= 15 is 0 Å². The Hall–Kier alpha value is -1.97.